The van der Waals surface area contributed by atoms with Gasteiger partial charge in [0.25, 0.3) is 0 Å². The minimum absolute atomic E-state index is 0.0822. The Bertz CT molecular complexity index is 543. The van der Waals surface area contributed by atoms with Gasteiger partial charge < -0.3 is 24.8 Å². The number of hydrogen-bond acceptors (Lipinski definition) is 5. The number of hydrogen-bond donors (Lipinski definition) is 2. The van der Waals surface area contributed by atoms with Gasteiger partial charge in [-0.05, 0) is 17.7 Å². The van der Waals surface area contributed by atoms with Crippen molar-refractivity contribution in [2.45, 2.75) is 13.0 Å². The van der Waals surface area contributed by atoms with Crippen LogP contribution in [0.25, 0.3) is 0 Å². The first-order chi connectivity index (χ1) is 10.9. The van der Waals surface area contributed by atoms with Gasteiger partial charge in [-0.2, -0.15) is 0 Å². The number of nitrogens with one attached hydrogen (secondary N) is 1. The summed E-state index contributed by atoms with van der Waals surface area (Å²) in [4.78, 5) is 34.5. The van der Waals surface area contributed by atoms with Crippen LogP contribution in [0.1, 0.15) is 12.0 Å². The molecule has 0 heterocycles. The molecule has 126 valence electrons. The summed E-state index contributed by atoms with van der Waals surface area (Å²) >= 11 is 0. The molecule has 1 aromatic carbocycles. The van der Waals surface area contributed by atoms with Crippen LogP contribution in [0.3, 0.4) is 0 Å². The Kier molecular flexibility index (Phi) is 7.38. The van der Waals surface area contributed by atoms with Crippen LogP contribution in [-0.2, 0) is 20.9 Å². The number of esters is 1. The highest BCUT2D eigenvalue weighted by Crippen LogP contribution is 2.13. The zero-order chi connectivity index (χ0) is 17.2. The van der Waals surface area contributed by atoms with Crippen LogP contribution in [-0.4, -0.2) is 55.3 Å². The maximum absolute atomic E-state index is 11.8. The number of carbonyl (C=O) groups is 3. The number of carboxylic acids is 1. The van der Waals surface area contributed by atoms with Gasteiger partial charge in [0.15, 0.2) is 6.61 Å². The number of nitrogens with zero attached hydrogens (tertiary/aromatic N) is 1. The molecule has 23 heavy (non-hydrogen) atoms. The lowest BCUT2D eigenvalue weighted by Crippen LogP contribution is -2.37. The maximum atomic E-state index is 11.8. The van der Waals surface area contributed by atoms with Crippen molar-refractivity contribution < 1.29 is 29.0 Å². The van der Waals surface area contributed by atoms with E-state index < -0.39 is 11.9 Å². The first-order valence-corrected chi connectivity index (χ1v) is 6.91. The summed E-state index contributed by atoms with van der Waals surface area (Å²) in [5.41, 5.74) is 0.867. The van der Waals surface area contributed by atoms with E-state index in [0.29, 0.717) is 12.3 Å². The van der Waals surface area contributed by atoms with Crippen molar-refractivity contribution in [3.63, 3.8) is 0 Å². The van der Waals surface area contributed by atoms with Crippen LogP contribution in [0.2, 0.25) is 0 Å². The number of methoxy groups -OCH3 is 1. The number of rotatable bonds is 8. The van der Waals surface area contributed by atoms with E-state index in [9.17, 15) is 14.4 Å². The van der Waals surface area contributed by atoms with E-state index >= 15 is 0 Å². The van der Waals surface area contributed by atoms with E-state index in [0.717, 1.165) is 5.56 Å². The molecule has 2 amide bonds. The molecule has 0 aliphatic heterocycles. The van der Waals surface area contributed by atoms with Gasteiger partial charge >= 0.3 is 18.0 Å². The van der Waals surface area contributed by atoms with E-state index in [1.807, 2.05) is 0 Å². The van der Waals surface area contributed by atoms with E-state index in [1.54, 1.807) is 31.3 Å². The predicted molar refractivity (Wildman–Crippen MR) is 81.1 cm³/mol. The molecule has 0 unspecified atom stereocenters. The number of carbonyl (C=O) groups excluding carboxylic acids is 2. The van der Waals surface area contributed by atoms with Gasteiger partial charge in [0.1, 0.15) is 5.75 Å². The smallest absolute Gasteiger partial charge is 0.343 e. The molecule has 0 atom stereocenters. The average Bonchev–Trinajstić information content (AvgIpc) is 2.53. The molecule has 0 bridgehead atoms. The molecular formula is C15H20N2O6. The SMILES string of the molecule is COC(=O)COc1ccc(CN(C)C(=O)NCCC(=O)O)cc1. The summed E-state index contributed by atoms with van der Waals surface area (Å²) in [6.07, 6.45) is -0.119. The van der Waals surface area contributed by atoms with Gasteiger partial charge in [0.05, 0.1) is 13.5 Å². The van der Waals surface area contributed by atoms with Crippen LogP contribution < -0.4 is 10.1 Å². The Morgan fingerprint density at radius 2 is 1.87 bits per heavy atom. The lowest BCUT2D eigenvalue weighted by molar-refractivity contribution is -0.143. The van der Waals surface area contributed by atoms with E-state index in [4.69, 9.17) is 9.84 Å². The standard InChI is InChI=1S/C15H20N2O6/c1-17(15(21)16-8-7-13(18)19)9-11-3-5-12(6-4-11)23-10-14(20)22-2/h3-6H,7-10H2,1-2H3,(H,16,21)(H,18,19). The Balaban J connectivity index is 2.42. The number of ether oxygens (including phenoxy) is 2. The summed E-state index contributed by atoms with van der Waals surface area (Å²) in [7, 11) is 2.89. The van der Waals surface area contributed by atoms with Crippen LogP contribution >= 0.6 is 0 Å². The van der Waals surface area contributed by atoms with Gasteiger partial charge in [-0.3, -0.25) is 4.79 Å². The second-order valence-corrected chi connectivity index (χ2v) is 4.74. The fourth-order valence-electron chi connectivity index (χ4n) is 1.65. The molecule has 0 aromatic heterocycles. The zero-order valence-electron chi connectivity index (χ0n) is 13.1. The number of urea groups is 1. The summed E-state index contributed by atoms with van der Waals surface area (Å²) in [6.45, 7) is 0.275. The van der Waals surface area contributed by atoms with Gasteiger partial charge in [0.2, 0.25) is 0 Å². The third kappa shape index (κ3) is 7.16. The van der Waals surface area contributed by atoms with Crippen molar-refractivity contribution in [3.05, 3.63) is 29.8 Å². The van der Waals surface area contributed by atoms with E-state index in [1.165, 1.54) is 12.0 Å². The first-order valence-electron chi connectivity index (χ1n) is 6.91. The van der Waals surface area contributed by atoms with Crippen LogP contribution in [0, 0.1) is 0 Å². The number of benzene rings is 1. The Labute approximate surface area is 134 Å². The second-order valence-electron chi connectivity index (χ2n) is 4.74. The predicted octanol–water partition coefficient (Wildman–Crippen LogP) is 0.855. The van der Waals surface area contributed by atoms with Crippen LogP contribution in [0.4, 0.5) is 4.79 Å². The molecule has 0 fully saturated rings. The van der Waals surface area contributed by atoms with Crippen LogP contribution in [0.15, 0.2) is 24.3 Å². The van der Waals surface area contributed by atoms with Crippen molar-refractivity contribution >= 4 is 18.0 Å². The lowest BCUT2D eigenvalue weighted by atomic mass is 10.2. The summed E-state index contributed by atoms with van der Waals surface area (Å²) in [6, 6.07) is 6.57. The quantitative estimate of drug-likeness (QED) is 0.687. The number of carboxylic acid groups (broad SMARTS) is 1. The van der Waals surface area contributed by atoms with E-state index in [-0.39, 0.29) is 25.6 Å². The molecule has 0 radical (unpaired) electrons. The minimum Gasteiger partial charge on any atom is -0.482 e. The van der Waals surface area contributed by atoms with Gasteiger partial charge in [-0.15, -0.1) is 0 Å². The number of amides is 2. The Morgan fingerprint density at radius 3 is 2.43 bits per heavy atom. The van der Waals surface area contributed by atoms with Crippen molar-refractivity contribution in [2.75, 3.05) is 27.3 Å². The van der Waals surface area contributed by atoms with Gasteiger partial charge in [-0.25, -0.2) is 9.59 Å². The van der Waals surface area contributed by atoms with E-state index in [2.05, 4.69) is 10.1 Å². The van der Waals surface area contributed by atoms with Crippen molar-refractivity contribution in [2.24, 2.45) is 0 Å². The molecule has 0 aliphatic carbocycles. The fraction of sp³-hybridized carbons (Fsp3) is 0.400. The fourth-order valence-corrected chi connectivity index (χ4v) is 1.65. The highest BCUT2D eigenvalue weighted by molar-refractivity contribution is 5.75. The molecule has 8 heteroatoms. The number of aliphatic carboxylic acids is 1. The zero-order valence-corrected chi connectivity index (χ0v) is 13.1. The molecule has 0 spiro atoms. The molecule has 1 aromatic rings. The summed E-state index contributed by atoms with van der Waals surface area (Å²) in [5, 5.41) is 11.0. The van der Waals surface area contributed by atoms with Crippen molar-refractivity contribution in [1.29, 1.82) is 0 Å². The summed E-state index contributed by atoms with van der Waals surface area (Å²) < 4.78 is 9.69. The highest BCUT2D eigenvalue weighted by atomic mass is 16.6. The first kappa shape index (κ1) is 18.3. The second kappa shape index (κ2) is 9.29. The van der Waals surface area contributed by atoms with Crippen molar-refractivity contribution in [1.82, 2.24) is 10.2 Å². The topological polar surface area (TPSA) is 105 Å². The molecule has 8 nitrogen and oxygen atoms in total. The van der Waals surface area contributed by atoms with Gasteiger partial charge in [0, 0.05) is 20.1 Å². The molecule has 2 N–H and O–H groups in total. The molecule has 0 aliphatic rings. The Hall–Kier alpha value is -2.77. The molecule has 0 saturated carbocycles. The summed E-state index contributed by atoms with van der Waals surface area (Å²) in [5.74, 6) is -0.907. The largest absolute Gasteiger partial charge is 0.482 e. The monoisotopic (exact) mass is 324 g/mol. The highest BCUT2D eigenvalue weighted by Gasteiger charge is 2.09. The average molecular weight is 324 g/mol. The molecule has 1 rings (SSSR count). The molecular weight excluding hydrogens is 304 g/mol. The van der Waals surface area contributed by atoms with Gasteiger partial charge in [-0.1, -0.05) is 12.1 Å². The Morgan fingerprint density at radius 1 is 1.22 bits per heavy atom. The van der Waals surface area contributed by atoms with Crippen molar-refractivity contribution in [3.8, 4) is 5.75 Å². The maximum Gasteiger partial charge on any atom is 0.343 e. The third-order valence-electron chi connectivity index (χ3n) is 2.89. The van der Waals surface area contributed by atoms with Crippen LogP contribution in [0.5, 0.6) is 5.75 Å². The lowest BCUT2D eigenvalue weighted by Gasteiger charge is -2.18. The minimum atomic E-state index is -0.963. The third-order valence-corrected chi connectivity index (χ3v) is 2.89. The normalized spacial score (nSPS) is 9.83. The molecule has 0 saturated heterocycles.